The summed E-state index contributed by atoms with van der Waals surface area (Å²) in [5, 5.41) is 9.31. The van der Waals surface area contributed by atoms with Gasteiger partial charge in [-0.2, -0.15) is 4.98 Å². The van der Waals surface area contributed by atoms with Gasteiger partial charge in [-0.25, -0.2) is 4.68 Å². The average molecular weight is 499 g/mol. The fourth-order valence-electron chi connectivity index (χ4n) is 3.87. The monoisotopic (exact) mass is 498 g/mol. The second-order valence-electron chi connectivity index (χ2n) is 7.96. The minimum absolute atomic E-state index is 0.0269. The highest BCUT2D eigenvalue weighted by atomic mass is 35.5. The van der Waals surface area contributed by atoms with Gasteiger partial charge in [0.2, 0.25) is 11.1 Å². The molecular weight excluding hydrogens is 472 g/mol. The Hall–Kier alpha value is -2.97. The van der Waals surface area contributed by atoms with Crippen molar-refractivity contribution >= 4 is 35.1 Å². The first kappa shape index (κ1) is 24.2. The lowest BCUT2D eigenvalue weighted by molar-refractivity contribution is -0.114. The number of methoxy groups -OCH3 is 1. The van der Waals surface area contributed by atoms with Crippen LogP contribution < -0.4 is 14.8 Å². The highest BCUT2D eigenvalue weighted by Gasteiger charge is 2.33. The van der Waals surface area contributed by atoms with Crippen molar-refractivity contribution in [1.29, 1.82) is 0 Å². The highest BCUT2D eigenvalue weighted by molar-refractivity contribution is 7.99. The Morgan fingerprint density at radius 1 is 1.21 bits per heavy atom. The molecule has 2 aromatic carbocycles. The van der Waals surface area contributed by atoms with Gasteiger partial charge < -0.3 is 14.8 Å². The molecule has 0 radical (unpaired) electrons. The van der Waals surface area contributed by atoms with Crippen molar-refractivity contribution < 1.29 is 14.3 Å². The zero-order chi connectivity index (χ0) is 24.2. The van der Waals surface area contributed by atoms with Crippen LogP contribution in [-0.2, 0) is 11.4 Å². The Bertz CT molecular complexity index is 1220. The van der Waals surface area contributed by atoms with Crippen molar-refractivity contribution in [2.24, 2.45) is 0 Å². The zero-order valence-corrected chi connectivity index (χ0v) is 21.2. The number of benzene rings is 2. The van der Waals surface area contributed by atoms with Gasteiger partial charge in [-0.3, -0.25) is 4.79 Å². The predicted molar refractivity (Wildman–Crippen MR) is 135 cm³/mol. The first-order valence-corrected chi connectivity index (χ1v) is 12.4. The molecule has 7 nitrogen and oxygen atoms in total. The van der Waals surface area contributed by atoms with E-state index in [1.165, 1.54) is 0 Å². The number of thioether (sulfide) groups is 1. The molecule has 1 aliphatic heterocycles. The maximum atomic E-state index is 12.7. The normalized spacial score (nSPS) is 15.0. The van der Waals surface area contributed by atoms with E-state index in [1.807, 2.05) is 49.4 Å². The fraction of sp³-hybridized carbons (Fsp3) is 0.320. The molecule has 0 saturated carbocycles. The summed E-state index contributed by atoms with van der Waals surface area (Å²) in [5.41, 5.74) is 3.27. The Morgan fingerprint density at radius 3 is 2.65 bits per heavy atom. The number of carbonyl (C=O) groups excluding carboxylic acids is 1. The van der Waals surface area contributed by atoms with Crippen LogP contribution in [0.4, 0.5) is 5.95 Å². The summed E-state index contributed by atoms with van der Waals surface area (Å²) in [6.45, 7) is 5.96. The SMILES string of the molecule is CCCSc1nc2n(n1)C(c1ccc(OCc3ccc(Cl)cc3)c(OC)c1)C(C(C)=O)=C(C)N2. The number of carbonyl (C=O) groups is 1. The number of fused-ring (bicyclic) bond motifs is 1. The summed E-state index contributed by atoms with van der Waals surface area (Å²) in [5.74, 6) is 2.70. The zero-order valence-electron chi connectivity index (χ0n) is 19.6. The summed E-state index contributed by atoms with van der Waals surface area (Å²) in [6.07, 6.45) is 1.02. The Balaban J connectivity index is 1.68. The summed E-state index contributed by atoms with van der Waals surface area (Å²) >= 11 is 7.57. The Labute approximate surface area is 208 Å². The minimum Gasteiger partial charge on any atom is -0.493 e. The summed E-state index contributed by atoms with van der Waals surface area (Å²) < 4.78 is 13.4. The van der Waals surface area contributed by atoms with Crippen molar-refractivity contribution in [2.75, 3.05) is 18.2 Å². The largest absolute Gasteiger partial charge is 0.493 e. The van der Waals surface area contributed by atoms with Crippen LogP contribution in [-0.4, -0.2) is 33.4 Å². The second kappa shape index (κ2) is 10.5. The van der Waals surface area contributed by atoms with Crippen LogP contribution in [0.3, 0.4) is 0 Å². The van der Waals surface area contributed by atoms with Gasteiger partial charge in [0.25, 0.3) is 0 Å². The smallest absolute Gasteiger partial charge is 0.227 e. The van der Waals surface area contributed by atoms with Gasteiger partial charge in [-0.05, 0) is 55.7 Å². The van der Waals surface area contributed by atoms with Gasteiger partial charge in [-0.15, -0.1) is 5.10 Å². The van der Waals surface area contributed by atoms with Crippen LogP contribution in [0.1, 0.15) is 44.4 Å². The molecule has 1 unspecified atom stereocenters. The molecule has 0 spiro atoms. The van der Waals surface area contributed by atoms with Crippen molar-refractivity contribution in [1.82, 2.24) is 14.8 Å². The number of ketones is 1. The molecular formula is C25H27ClN4O3S. The van der Waals surface area contributed by atoms with Crippen LogP contribution in [0.15, 0.2) is 58.9 Å². The topological polar surface area (TPSA) is 78.3 Å². The lowest BCUT2D eigenvalue weighted by Gasteiger charge is -2.28. The quantitative estimate of drug-likeness (QED) is 0.368. The molecule has 0 bridgehead atoms. The molecule has 178 valence electrons. The fourth-order valence-corrected chi connectivity index (χ4v) is 4.67. The first-order chi connectivity index (χ1) is 16.4. The molecule has 1 aromatic heterocycles. The van der Waals surface area contributed by atoms with Crippen molar-refractivity contribution in [3.63, 3.8) is 0 Å². The van der Waals surface area contributed by atoms with Crippen LogP contribution >= 0.6 is 23.4 Å². The molecule has 1 N–H and O–H groups in total. The van der Waals surface area contributed by atoms with Gasteiger partial charge >= 0.3 is 0 Å². The van der Waals surface area contributed by atoms with Gasteiger partial charge in [0.05, 0.1) is 7.11 Å². The summed E-state index contributed by atoms with van der Waals surface area (Å²) in [4.78, 5) is 17.3. The van der Waals surface area contributed by atoms with E-state index >= 15 is 0 Å². The lowest BCUT2D eigenvalue weighted by Crippen LogP contribution is -2.27. The molecule has 0 amide bonds. The van der Waals surface area contributed by atoms with Crippen molar-refractivity contribution in [2.45, 2.75) is 45.0 Å². The number of rotatable bonds is 9. The van der Waals surface area contributed by atoms with E-state index in [0.29, 0.717) is 39.8 Å². The third kappa shape index (κ3) is 5.08. The Kier molecular flexibility index (Phi) is 7.48. The first-order valence-electron chi connectivity index (χ1n) is 11.0. The average Bonchev–Trinajstić information content (AvgIpc) is 3.23. The van der Waals surface area contributed by atoms with E-state index in [9.17, 15) is 4.79 Å². The third-order valence-corrected chi connectivity index (χ3v) is 6.75. The van der Waals surface area contributed by atoms with Crippen LogP contribution in [0, 0.1) is 0 Å². The summed E-state index contributed by atoms with van der Waals surface area (Å²) in [6, 6.07) is 12.8. The molecule has 0 fully saturated rings. The van der Waals surface area contributed by atoms with E-state index < -0.39 is 6.04 Å². The molecule has 34 heavy (non-hydrogen) atoms. The molecule has 4 rings (SSSR count). The molecule has 1 aliphatic rings. The van der Waals surface area contributed by atoms with Gasteiger partial charge in [0.1, 0.15) is 12.6 Å². The number of hydrogen-bond acceptors (Lipinski definition) is 7. The Morgan fingerprint density at radius 2 is 1.97 bits per heavy atom. The molecule has 2 heterocycles. The van der Waals surface area contributed by atoms with Crippen molar-refractivity contribution in [3.05, 3.63) is 69.9 Å². The van der Waals surface area contributed by atoms with Crippen LogP contribution in [0.2, 0.25) is 5.02 Å². The van der Waals surface area contributed by atoms with E-state index in [0.717, 1.165) is 29.0 Å². The highest BCUT2D eigenvalue weighted by Crippen LogP contribution is 2.39. The van der Waals surface area contributed by atoms with Gasteiger partial charge in [0, 0.05) is 22.0 Å². The van der Waals surface area contributed by atoms with Gasteiger partial charge in [0.15, 0.2) is 17.3 Å². The third-order valence-electron chi connectivity index (χ3n) is 5.46. The number of Topliss-reactive ketones (excluding diaryl/α,β-unsaturated/α-hetero) is 1. The lowest BCUT2D eigenvalue weighted by atomic mass is 9.93. The molecule has 1 atom stereocenters. The standard InChI is InChI=1S/C25H27ClN4O3S/c1-5-12-34-25-28-24-27-15(2)22(16(3)31)23(30(24)29-25)18-8-11-20(21(13-18)32-4)33-14-17-6-9-19(26)10-7-17/h6-11,13,23H,5,12,14H2,1-4H3,(H,27,28,29). The predicted octanol–water partition coefficient (Wildman–Crippen LogP) is 5.90. The number of hydrogen-bond donors (Lipinski definition) is 1. The number of anilines is 1. The number of nitrogens with zero attached hydrogens (tertiary/aromatic N) is 3. The maximum absolute atomic E-state index is 12.7. The number of aromatic nitrogens is 3. The van der Waals surface area contributed by atoms with Gasteiger partial charge in [-0.1, -0.05) is 48.5 Å². The molecule has 0 aliphatic carbocycles. The summed E-state index contributed by atoms with van der Waals surface area (Å²) in [7, 11) is 1.60. The van der Waals surface area contributed by atoms with E-state index in [4.69, 9.17) is 26.2 Å². The molecule has 9 heteroatoms. The van der Waals surface area contributed by atoms with Crippen LogP contribution in [0.25, 0.3) is 0 Å². The number of allylic oxidation sites excluding steroid dienone is 2. The molecule has 0 saturated heterocycles. The minimum atomic E-state index is -0.420. The van der Waals surface area contributed by atoms with Crippen molar-refractivity contribution in [3.8, 4) is 11.5 Å². The van der Waals surface area contributed by atoms with Crippen LogP contribution in [0.5, 0.6) is 11.5 Å². The molecule has 3 aromatic rings. The number of nitrogens with one attached hydrogen (secondary N) is 1. The van der Waals surface area contributed by atoms with E-state index in [1.54, 1.807) is 30.5 Å². The number of ether oxygens (including phenoxy) is 2. The maximum Gasteiger partial charge on any atom is 0.227 e. The second-order valence-corrected chi connectivity index (χ2v) is 9.46. The van der Waals surface area contributed by atoms with E-state index in [2.05, 4.69) is 17.2 Å². The van der Waals surface area contributed by atoms with E-state index in [-0.39, 0.29) is 5.78 Å². The number of halogens is 1.